The van der Waals surface area contributed by atoms with E-state index in [1.165, 1.54) is 37.3 Å². The Morgan fingerprint density at radius 3 is 2.33 bits per heavy atom. The minimum Gasteiger partial charge on any atom is -0.449 e. The monoisotopic (exact) mass is 370 g/mol. The second-order valence-electron chi connectivity index (χ2n) is 6.36. The maximum absolute atomic E-state index is 13.6. The fraction of sp³-hybridized carbons (Fsp3) is 0.250. The number of halogens is 1. The van der Waals surface area contributed by atoms with Gasteiger partial charge in [0.1, 0.15) is 5.82 Å². The van der Waals surface area contributed by atoms with Crippen LogP contribution in [-0.4, -0.2) is 23.9 Å². The predicted octanol–water partition coefficient (Wildman–Crippen LogP) is 3.36. The van der Waals surface area contributed by atoms with Gasteiger partial charge in [0.05, 0.1) is 11.3 Å². The van der Waals surface area contributed by atoms with Gasteiger partial charge in [-0.2, -0.15) is 0 Å². The molecule has 140 valence electrons. The highest BCUT2D eigenvalue weighted by molar-refractivity contribution is 5.98. The smallest absolute Gasteiger partial charge is 0.338 e. The first kappa shape index (κ1) is 18.6. The molecule has 0 aliphatic heterocycles. The number of anilines is 2. The van der Waals surface area contributed by atoms with E-state index in [9.17, 15) is 18.8 Å². The molecule has 1 unspecified atom stereocenters. The number of nitrogens with one attached hydrogen (secondary N) is 2. The molecule has 2 aromatic rings. The molecule has 2 aromatic carbocycles. The van der Waals surface area contributed by atoms with E-state index in [1.807, 2.05) is 0 Å². The molecule has 0 spiro atoms. The first-order chi connectivity index (χ1) is 12.9. The van der Waals surface area contributed by atoms with E-state index in [2.05, 4.69) is 10.6 Å². The molecule has 1 atom stereocenters. The van der Waals surface area contributed by atoms with Crippen molar-refractivity contribution >= 4 is 29.2 Å². The number of amides is 2. The lowest BCUT2D eigenvalue weighted by Gasteiger charge is -2.14. The summed E-state index contributed by atoms with van der Waals surface area (Å²) in [4.78, 5) is 36.0. The van der Waals surface area contributed by atoms with Crippen LogP contribution in [0.3, 0.4) is 0 Å². The third-order valence-electron chi connectivity index (χ3n) is 4.12. The lowest BCUT2D eigenvalue weighted by molar-refractivity contribution is -0.123. The van der Waals surface area contributed by atoms with E-state index in [1.54, 1.807) is 18.2 Å². The van der Waals surface area contributed by atoms with Gasteiger partial charge in [-0.1, -0.05) is 12.1 Å². The number of para-hydroxylation sites is 1. The number of esters is 1. The molecular weight excluding hydrogens is 351 g/mol. The molecule has 2 amide bonds. The zero-order valence-electron chi connectivity index (χ0n) is 14.7. The highest BCUT2D eigenvalue weighted by Gasteiger charge is 2.29. The topological polar surface area (TPSA) is 84.5 Å². The van der Waals surface area contributed by atoms with E-state index in [-0.39, 0.29) is 23.1 Å². The zero-order valence-corrected chi connectivity index (χ0v) is 14.7. The number of hydrogen-bond acceptors (Lipinski definition) is 4. The number of rotatable bonds is 6. The highest BCUT2D eigenvalue weighted by Crippen LogP contribution is 2.30. The Morgan fingerprint density at radius 2 is 1.70 bits per heavy atom. The molecule has 2 N–H and O–H groups in total. The van der Waals surface area contributed by atoms with Crippen LogP contribution in [0.25, 0.3) is 0 Å². The minimum atomic E-state index is -1.11. The van der Waals surface area contributed by atoms with Crippen molar-refractivity contribution in [2.24, 2.45) is 5.92 Å². The SMILES string of the molecule is CC(OC(=O)c1ccc(NC(=O)C2CC2)cc1)C(=O)Nc1ccccc1F. The van der Waals surface area contributed by atoms with Crippen molar-refractivity contribution in [1.82, 2.24) is 0 Å². The molecule has 1 fully saturated rings. The maximum atomic E-state index is 13.6. The Morgan fingerprint density at radius 1 is 1.04 bits per heavy atom. The van der Waals surface area contributed by atoms with Gasteiger partial charge < -0.3 is 15.4 Å². The van der Waals surface area contributed by atoms with Crippen LogP contribution in [0.2, 0.25) is 0 Å². The van der Waals surface area contributed by atoms with Gasteiger partial charge in [-0.3, -0.25) is 9.59 Å². The lowest BCUT2D eigenvalue weighted by Crippen LogP contribution is -2.30. The van der Waals surface area contributed by atoms with Crippen LogP contribution < -0.4 is 10.6 Å². The standard InChI is InChI=1S/C20H19FN2O4/c1-12(18(24)23-17-5-3-2-4-16(17)21)27-20(26)14-8-10-15(11-9-14)22-19(25)13-6-7-13/h2-5,8-13H,6-7H2,1H3,(H,22,25)(H,23,24). The Balaban J connectivity index is 1.55. The summed E-state index contributed by atoms with van der Waals surface area (Å²) < 4.78 is 18.7. The van der Waals surface area contributed by atoms with Gasteiger partial charge in [-0.05, 0) is 56.2 Å². The summed E-state index contributed by atoms with van der Waals surface area (Å²) in [6.07, 6.45) is 0.706. The van der Waals surface area contributed by atoms with Gasteiger partial charge in [0.15, 0.2) is 6.10 Å². The van der Waals surface area contributed by atoms with Crippen molar-refractivity contribution in [2.75, 3.05) is 10.6 Å². The zero-order chi connectivity index (χ0) is 19.4. The van der Waals surface area contributed by atoms with Gasteiger partial charge in [0, 0.05) is 11.6 Å². The van der Waals surface area contributed by atoms with Crippen molar-refractivity contribution in [1.29, 1.82) is 0 Å². The van der Waals surface area contributed by atoms with E-state index in [0.29, 0.717) is 5.69 Å². The summed E-state index contributed by atoms with van der Waals surface area (Å²) in [6.45, 7) is 1.40. The Kier molecular flexibility index (Phi) is 5.49. The third kappa shape index (κ3) is 4.91. The second kappa shape index (κ2) is 7.99. The number of carbonyl (C=O) groups is 3. The van der Waals surface area contributed by atoms with Crippen molar-refractivity contribution in [3.8, 4) is 0 Å². The summed E-state index contributed by atoms with van der Waals surface area (Å²) in [7, 11) is 0. The summed E-state index contributed by atoms with van der Waals surface area (Å²) in [5, 5.41) is 5.15. The number of carbonyl (C=O) groups excluding carboxylic acids is 3. The van der Waals surface area contributed by atoms with E-state index in [0.717, 1.165) is 12.8 Å². The first-order valence-electron chi connectivity index (χ1n) is 8.61. The van der Waals surface area contributed by atoms with Crippen molar-refractivity contribution < 1.29 is 23.5 Å². The minimum absolute atomic E-state index is 0.0150. The predicted molar refractivity (Wildman–Crippen MR) is 97.7 cm³/mol. The summed E-state index contributed by atoms with van der Waals surface area (Å²) >= 11 is 0. The Bertz CT molecular complexity index is 863. The van der Waals surface area contributed by atoms with Crippen LogP contribution in [0, 0.1) is 11.7 Å². The Hall–Kier alpha value is -3.22. The number of hydrogen-bond donors (Lipinski definition) is 2. The van der Waals surface area contributed by atoms with E-state index < -0.39 is 23.8 Å². The quantitative estimate of drug-likeness (QED) is 0.764. The van der Waals surface area contributed by atoms with Gasteiger partial charge >= 0.3 is 5.97 Å². The normalized spacial score (nSPS) is 14.1. The summed E-state index contributed by atoms with van der Waals surface area (Å²) in [6, 6.07) is 11.9. The molecule has 27 heavy (non-hydrogen) atoms. The van der Waals surface area contributed by atoms with Gasteiger partial charge in [-0.25, -0.2) is 9.18 Å². The summed E-state index contributed by atoms with van der Waals surface area (Å²) in [5.41, 5.74) is 0.847. The molecule has 6 nitrogen and oxygen atoms in total. The van der Waals surface area contributed by atoms with Crippen LogP contribution in [0.5, 0.6) is 0 Å². The molecule has 3 rings (SSSR count). The highest BCUT2D eigenvalue weighted by atomic mass is 19.1. The number of ether oxygens (including phenoxy) is 1. The fourth-order valence-electron chi connectivity index (χ4n) is 2.36. The molecular formula is C20H19FN2O4. The molecule has 0 aromatic heterocycles. The number of benzene rings is 2. The first-order valence-corrected chi connectivity index (χ1v) is 8.61. The van der Waals surface area contributed by atoms with E-state index in [4.69, 9.17) is 4.74 Å². The van der Waals surface area contributed by atoms with E-state index >= 15 is 0 Å². The third-order valence-corrected chi connectivity index (χ3v) is 4.12. The van der Waals surface area contributed by atoms with Gasteiger partial charge in [0.25, 0.3) is 5.91 Å². The molecule has 0 bridgehead atoms. The van der Waals surface area contributed by atoms with Crippen LogP contribution in [0.1, 0.15) is 30.1 Å². The van der Waals surface area contributed by atoms with Crippen LogP contribution in [-0.2, 0) is 14.3 Å². The molecule has 0 heterocycles. The van der Waals surface area contributed by atoms with Crippen LogP contribution >= 0.6 is 0 Å². The van der Waals surface area contributed by atoms with Crippen LogP contribution in [0.15, 0.2) is 48.5 Å². The van der Waals surface area contributed by atoms with Crippen molar-refractivity contribution in [3.05, 3.63) is 59.9 Å². The molecule has 1 aliphatic carbocycles. The molecule has 1 saturated carbocycles. The average Bonchev–Trinajstić information content (AvgIpc) is 3.49. The largest absolute Gasteiger partial charge is 0.449 e. The van der Waals surface area contributed by atoms with Gasteiger partial charge in [-0.15, -0.1) is 0 Å². The second-order valence-corrected chi connectivity index (χ2v) is 6.36. The van der Waals surface area contributed by atoms with Crippen molar-refractivity contribution in [2.45, 2.75) is 25.9 Å². The average molecular weight is 370 g/mol. The fourth-order valence-corrected chi connectivity index (χ4v) is 2.36. The van der Waals surface area contributed by atoms with Crippen LogP contribution in [0.4, 0.5) is 15.8 Å². The molecule has 1 aliphatic rings. The molecule has 0 saturated heterocycles. The molecule has 7 heteroatoms. The van der Waals surface area contributed by atoms with Crippen molar-refractivity contribution in [3.63, 3.8) is 0 Å². The summed E-state index contributed by atoms with van der Waals surface area (Å²) in [5.74, 6) is -1.84. The van der Waals surface area contributed by atoms with Gasteiger partial charge in [0.2, 0.25) is 5.91 Å². The maximum Gasteiger partial charge on any atom is 0.338 e. The lowest BCUT2D eigenvalue weighted by atomic mass is 10.2. The Labute approximate surface area is 155 Å². The molecule has 0 radical (unpaired) electrons.